The highest BCUT2D eigenvalue weighted by molar-refractivity contribution is 7.16. The first kappa shape index (κ1) is 12.0. The van der Waals surface area contributed by atoms with Crippen molar-refractivity contribution in [2.45, 2.75) is 31.7 Å². The lowest BCUT2D eigenvalue weighted by molar-refractivity contribution is 0.327. The van der Waals surface area contributed by atoms with Gasteiger partial charge in [-0.15, -0.1) is 11.3 Å². The highest BCUT2D eigenvalue weighted by atomic mass is 35.5. The molecule has 1 saturated heterocycles. The van der Waals surface area contributed by atoms with Crippen LogP contribution < -0.4 is 5.32 Å². The number of likely N-dealkylation sites (tertiary alicyclic amines) is 1. The molecule has 1 unspecified atom stereocenters. The first-order valence-electron chi connectivity index (χ1n) is 6.57. The Balaban J connectivity index is 1.49. The molecular weight excluding hydrogens is 252 g/mol. The van der Waals surface area contributed by atoms with Crippen LogP contribution in [0.25, 0.3) is 0 Å². The summed E-state index contributed by atoms with van der Waals surface area (Å²) < 4.78 is 0.945. The van der Waals surface area contributed by atoms with Crippen molar-refractivity contribution >= 4 is 22.9 Å². The van der Waals surface area contributed by atoms with Crippen LogP contribution in [0, 0.1) is 0 Å². The van der Waals surface area contributed by atoms with Gasteiger partial charge in [-0.1, -0.05) is 11.6 Å². The summed E-state index contributed by atoms with van der Waals surface area (Å²) in [5, 5.41) is 3.68. The molecular formula is C13H19ClN2S. The van der Waals surface area contributed by atoms with E-state index >= 15 is 0 Å². The quantitative estimate of drug-likeness (QED) is 0.905. The van der Waals surface area contributed by atoms with Crippen LogP contribution in [-0.4, -0.2) is 31.1 Å². The molecule has 2 heterocycles. The molecule has 0 amide bonds. The predicted octanol–water partition coefficient (Wildman–Crippen LogP) is 3.07. The Bertz CT molecular complexity index is 385. The van der Waals surface area contributed by atoms with Gasteiger partial charge in [0.2, 0.25) is 0 Å². The second-order valence-corrected chi connectivity index (χ2v) is 6.79. The van der Waals surface area contributed by atoms with Crippen molar-refractivity contribution < 1.29 is 0 Å². The Kier molecular flexibility index (Phi) is 3.71. The molecule has 17 heavy (non-hydrogen) atoms. The van der Waals surface area contributed by atoms with Gasteiger partial charge in [-0.3, -0.25) is 0 Å². The Hall–Kier alpha value is -0.0900. The van der Waals surface area contributed by atoms with Crippen molar-refractivity contribution in [3.05, 3.63) is 20.8 Å². The lowest BCUT2D eigenvalue weighted by Crippen LogP contribution is -2.31. The maximum Gasteiger partial charge on any atom is 0.0934 e. The number of hydrogen-bond acceptors (Lipinski definition) is 3. The minimum Gasteiger partial charge on any atom is -0.309 e. The first-order valence-corrected chi connectivity index (χ1v) is 7.76. The minimum absolute atomic E-state index is 0.552. The highest BCUT2D eigenvalue weighted by Crippen LogP contribution is 2.39. The maximum atomic E-state index is 6.06. The van der Waals surface area contributed by atoms with Gasteiger partial charge in [-0.2, -0.15) is 0 Å². The van der Waals surface area contributed by atoms with Crippen LogP contribution in [0.4, 0.5) is 0 Å². The zero-order valence-electron chi connectivity index (χ0n) is 10.0. The number of halogens is 1. The smallest absolute Gasteiger partial charge is 0.0934 e. The van der Waals surface area contributed by atoms with Gasteiger partial charge in [0, 0.05) is 24.0 Å². The van der Waals surface area contributed by atoms with Gasteiger partial charge in [0.1, 0.15) is 0 Å². The molecule has 0 saturated carbocycles. The Morgan fingerprint density at radius 1 is 1.41 bits per heavy atom. The van der Waals surface area contributed by atoms with Crippen LogP contribution in [0.5, 0.6) is 0 Å². The second-order valence-electron chi connectivity index (χ2n) is 5.02. The zero-order valence-corrected chi connectivity index (χ0v) is 11.6. The van der Waals surface area contributed by atoms with E-state index in [9.17, 15) is 0 Å². The van der Waals surface area contributed by atoms with E-state index in [1.165, 1.54) is 55.8 Å². The number of hydrogen-bond donors (Lipinski definition) is 1. The van der Waals surface area contributed by atoms with Gasteiger partial charge in [0.05, 0.1) is 4.34 Å². The zero-order chi connectivity index (χ0) is 11.7. The molecule has 2 aliphatic rings. The molecule has 0 bridgehead atoms. The molecule has 1 aliphatic heterocycles. The van der Waals surface area contributed by atoms with Crippen LogP contribution in [-0.2, 0) is 6.42 Å². The minimum atomic E-state index is 0.552. The molecule has 1 aliphatic carbocycles. The second kappa shape index (κ2) is 5.27. The van der Waals surface area contributed by atoms with Gasteiger partial charge < -0.3 is 10.2 Å². The van der Waals surface area contributed by atoms with Crippen LogP contribution >= 0.6 is 22.9 Å². The van der Waals surface area contributed by atoms with Crippen molar-refractivity contribution in [3.63, 3.8) is 0 Å². The lowest BCUT2D eigenvalue weighted by atomic mass is 10.2. The van der Waals surface area contributed by atoms with Crippen molar-refractivity contribution in [3.8, 4) is 0 Å². The number of rotatable bonds is 4. The SMILES string of the molecule is Clc1cc2c(s1)CCC2NCCN1CCCC1. The van der Waals surface area contributed by atoms with Crippen molar-refractivity contribution in [1.82, 2.24) is 10.2 Å². The molecule has 1 N–H and O–H groups in total. The molecule has 1 aromatic heterocycles. The normalized spacial score (nSPS) is 24.4. The summed E-state index contributed by atoms with van der Waals surface area (Å²) in [7, 11) is 0. The standard InChI is InChI=1S/C13H19ClN2S/c14-13-9-10-11(3-4-12(10)17-13)15-5-8-16-6-1-2-7-16/h9,11,15H,1-8H2. The van der Waals surface area contributed by atoms with Gasteiger partial charge >= 0.3 is 0 Å². The fourth-order valence-corrected chi connectivity index (χ4v) is 4.30. The van der Waals surface area contributed by atoms with Crippen LogP contribution in [0.2, 0.25) is 4.34 Å². The summed E-state index contributed by atoms with van der Waals surface area (Å²) in [6.45, 7) is 4.89. The van der Waals surface area contributed by atoms with E-state index < -0.39 is 0 Å². The summed E-state index contributed by atoms with van der Waals surface area (Å²) in [6, 6.07) is 2.71. The van der Waals surface area contributed by atoms with Crippen molar-refractivity contribution in [1.29, 1.82) is 0 Å². The van der Waals surface area contributed by atoms with E-state index in [1.807, 2.05) is 0 Å². The lowest BCUT2D eigenvalue weighted by Gasteiger charge is -2.18. The summed E-state index contributed by atoms with van der Waals surface area (Å²) in [6.07, 6.45) is 5.22. The molecule has 1 atom stereocenters. The Morgan fingerprint density at radius 3 is 3.06 bits per heavy atom. The summed E-state index contributed by atoms with van der Waals surface area (Å²) >= 11 is 7.82. The third-order valence-corrected chi connectivity index (χ3v) is 5.20. The van der Waals surface area contributed by atoms with Gasteiger partial charge in [-0.05, 0) is 50.4 Å². The molecule has 1 fully saturated rings. The third-order valence-electron chi connectivity index (χ3n) is 3.86. The van der Waals surface area contributed by atoms with E-state index in [4.69, 9.17) is 11.6 Å². The van der Waals surface area contributed by atoms with Gasteiger partial charge in [-0.25, -0.2) is 0 Å². The van der Waals surface area contributed by atoms with Crippen molar-refractivity contribution in [2.24, 2.45) is 0 Å². The topological polar surface area (TPSA) is 15.3 Å². The fraction of sp³-hybridized carbons (Fsp3) is 0.692. The van der Waals surface area contributed by atoms with Crippen LogP contribution in [0.1, 0.15) is 35.7 Å². The number of thiophene rings is 1. The van der Waals surface area contributed by atoms with Crippen LogP contribution in [0.15, 0.2) is 6.07 Å². The first-order chi connectivity index (χ1) is 8.33. The molecule has 2 nitrogen and oxygen atoms in total. The summed E-state index contributed by atoms with van der Waals surface area (Å²) in [5.74, 6) is 0. The van der Waals surface area contributed by atoms with E-state index in [-0.39, 0.29) is 0 Å². The maximum absolute atomic E-state index is 6.06. The summed E-state index contributed by atoms with van der Waals surface area (Å²) in [4.78, 5) is 4.05. The van der Waals surface area contributed by atoms with E-state index in [2.05, 4.69) is 16.3 Å². The van der Waals surface area contributed by atoms with Gasteiger partial charge in [0.15, 0.2) is 0 Å². The monoisotopic (exact) mass is 270 g/mol. The Morgan fingerprint density at radius 2 is 2.24 bits per heavy atom. The molecule has 1 aromatic rings. The van der Waals surface area contributed by atoms with Crippen molar-refractivity contribution in [2.75, 3.05) is 26.2 Å². The van der Waals surface area contributed by atoms with E-state index in [1.54, 1.807) is 11.3 Å². The Labute approximate surface area is 112 Å². The molecule has 3 rings (SSSR count). The predicted molar refractivity (Wildman–Crippen MR) is 74.1 cm³/mol. The summed E-state index contributed by atoms with van der Waals surface area (Å²) in [5.41, 5.74) is 1.46. The number of nitrogens with zero attached hydrogens (tertiary/aromatic N) is 1. The van der Waals surface area contributed by atoms with Gasteiger partial charge in [0.25, 0.3) is 0 Å². The third kappa shape index (κ3) is 2.68. The van der Waals surface area contributed by atoms with E-state index in [0.29, 0.717) is 6.04 Å². The molecule has 0 radical (unpaired) electrons. The average Bonchev–Trinajstić information content (AvgIpc) is 2.97. The average molecular weight is 271 g/mol. The molecule has 4 heteroatoms. The molecule has 0 aromatic carbocycles. The van der Waals surface area contributed by atoms with E-state index in [0.717, 1.165) is 10.9 Å². The highest BCUT2D eigenvalue weighted by Gasteiger charge is 2.24. The number of nitrogens with one attached hydrogen (secondary N) is 1. The number of aryl methyl sites for hydroxylation is 1. The van der Waals surface area contributed by atoms with Crippen LogP contribution in [0.3, 0.4) is 0 Å². The largest absolute Gasteiger partial charge is 0.309 e. The molecule has 94 valence electrons. The fourth-order valence-electron chi connectivity index (χ4n) is 2.95. The molecule has 0 spiro atoms. The number of fused-ring (bicyclic) bond motifs is 1.